The first-order valence-corrected chi connectivity index (χ1v) is 11.8. The van der Waals surface area contributed by atoms with E-state index in [-0.39, 0.29) is 47.3 Å². The van der Waals surface area contributed by atoms with Crippen molar-refractivity contribution >= 4 is 41.4 Å². The van der Waals surface area contributed by atoms with E-state index in [2.05, 4.69) is 16.0 Å². The van der Waals surface area contributed by atoms with Gasteiger partial charge in [0.15, 0.2) is 0 Å². The second-order valence-corrected chi connectivity index (χ2v) is 8.29. The number of carboxylic acids is 2. The summed E-state index contributed by atoms with van der Waals surface area (Å²) in [4.78, 5) is 57.4. The molecule has 0 radical (unpaired) electrons. The first kappa shape index (κ1) is 32.9. The van der Waals surface area contributed by atoms with Gasteiger partial charge in [-0.15, -0.1) is 17.3 Å². The van der Waals surface area contributed by atoms with Crippen molar-refractivity contribution in [3.05, 3.63) is 60.2 Å². The Morgan fingerprint density at radius 3 is 2.06 bits per heavy atom. The van der Waals surface area contributed by atoms with Crippen molar-refractivity contribution in [1.29, 1.82) is 0 Å². The number of carbonyl (C=O) groups is 5. The van der Waals surface area contributed by atoms with Crippen LogP contribution in [0.1, 0.15) is 18.4 Å². The van der Waals surface area contributed by atoms with Crippen LogP contribution in [0.15, 0.2) is 54.6 Å². The minimum Gasteiger partial charge on any atom is -0.748 e. The average Bonchev–Trinajstić information content (AvgIpc) is 3.56. The van der Waals surface area contributed by atoms with Crippen molar-refractivity contribution in [2.24, 2.45) is 5.73 Å². The number of rotatable bonds is 14. The molecule has 1 unspecified atom stereocenters. The van der Waals surface area contributed by atoms with Crippen LogP contribution in [0.4, 0.5) is 0 Å². The Balaban J connectivity index is 0.00000181. The summed E-state index contributed by atoms with van der Waals surface area (Å²) in [5.41, 5.74) is 6.29. The minimum atomic E-state index is -1.25. The monoisotopic (exact) mass is 562 g/mol. The van der Waals surface area contributed by atoms with Gasteiger partial charge in [-0.1, -0.05) is 0 Å². The van der Waals surface area contributed by atoms with Gasteiger partial charge in [0, 0.05) is 29.2 Å². The standard InChI is InChI=1S/C18H25N4O7S.C5H5.Fe/c19-12(18(28)29)5-6-14(23)22-13(17(27)21-8-16(25)26)9-30-10-15(24)20-7-11-3-1-2-4-11;1-2-4-5-3-1;/h1-4,12-13H,5-10,19H2,(H,20,24)(H,21,27)(H,22,23)(H,25,26)(H,28,29);1-5H;/q-1;-5;/t12-,13?;;/m0../s1. The summed E-state index contributed by atoms with van der Waals surface area (Å²) in [5.74, 6) is -4.04. The topological polar surface area (TPSA) is 188 Å². The normalized spacial score (nSPS) is 11.5. The third-order valence-corrected chi connectivity index (χ3v) is 5.40. The second-order valence-electron chi connectivity index (χ2n) is 7.26. The number of aliphatic carboxylic acids is 2. The van der Waals surface area contributed by atoms with E-state index in [1.54, 1.807) is 0 Å². The molecule has 3 amide bonds. The molecule has 2 atom stereocenters. The number of nitrogens with one attached hydrogen (secondary N) is 3. The molecule has 13 heteroatoms. The van der Waals surface area contributed by atoms with E-state index in [0.717, 1.165) is 17.3 Å². The SMILES string of the molecule is N[C@@H](CCC(=O)NC(CSCC(=O)NC[c-]1cccc1)C(=O)NCC(=O)O)C(=O)O.[Fe].[cH-]1[cH-][cH-][cH-][cH-]1. The van der Waals surface area contributed by atoms with Crippen molar-refractivity contribution in [2.75, 3.05) is 18.1 Å². The van der Waals surface area contributed by atoms with Crippen molar-refractivity contribution in [2.45, 2.75) is 31.5 Å². The van der Waals surface area contributed by atoms with Gasteiger partial charge in [-0.25, -0.2) is 12.1 Å². The smallest absolute Gasteiger partial charge is 0.322 e. The average molecular weight is 562 g/mol. The van der Waals surface area contributed by atoms with Gasteiger partial charge in [-0.2, -0.15) is 12.1 Å². The fraction of sp³-hybridized carbons (Fsp3) is 0.348. The molecule has 0 saturated heterocycles. The molecule has 0 saturated carbocycles. The molecule has 2 rings (SSSR count). The van der Waals surface area contributed by atoms with Crippen LogP contribution < -0.4 is 21.7 Å². The molecular formula is C23H30FeN4O7S-6. The van der Waals surface area contributed by atoms with Gasteiger partial charge in [0.2, 0.25) is 17.7 Å². The van der Waals surface area contributed by atoms with Crippen molar-refractivity contribution in [3.63, 3.8) is 0 Å². The van der Waals surface area contributed by atoms with Crippen LogP contribution in [0.25, 0.3) is 0 Å². The van der Waals surface area contributed by atoms with Gasteiger partial charge in [-0.05, 0) is 13.0 Å². The Labute approximate surface area is 223 Å². The maximum atomic E-state index is 12.2. The number of hydrogen-bond acceptors (Lipinski definition) is 7. The summed E-state index contributed by atoms with van der Waals surface area (Å²) in [6.07, 6.45) is -0.344. The molecule has 0 heterocycles. The Bertz CT molecular complexity index is 906. The van der Waals surface area contributed by atoms with Crippen LogP contribution in [0.3, 0.4) is 0 Å². The van der Waals surface area contributed by atoms with Crippen molar-refractivity contribution < 1.29 is 51.3 Å². The molecule has 0 fully saturated rings. The molecule has 0 bridgehead atoms. The largest absolute Gasteiger partial charge is 0.748 e. The first-order chi connectivity index (χ1) is 16.7. The predicted molar refractivity (Wildman–Crippen MR) is 131 cm³/mol. The summed E-state index contributed by atoms with van der Waals surface area (Å²) >= 11 is 1.09. The summed E-state index contributed by atoms with van der Waals surface area (Å²) < 4.78 is 0. The van der Waals surface area contributed by atoms with Crippen LogP contribution >= 0.6 is 11.8 Å². The van der Waals surface area contributed by atoms with Crippen LogP contribution in [0, 0.1) is 0 Å². The van der Waals surface area contributed by atoms with E-state index in [9.17, 15) is 24.0 Å². The molecule has 0 aliphatic heterocycles. The van der Waals surface area contributed by atoms with E-state index in [0.29, 0.717) is 6.54 Å². The molecule has 0 spiro atoms. The molecule has 0 aliphatic rings. The van der Waals surface area contributed by atoms with E-state index in [4.69, 9.17) is 15.9 Å². The third-order valence-electron chi connectivity index (χ3n) is 4.36. The summed E-state index contributed by atoms with van der Waals surface area (Å²) in [5, 5.41) is 24.7. The summed E-state index contributed by atoms with van der Waals surface area (Å²) in [6.45, 7) is -0.255. The number of carboxylic acid groups (broad SMARTS) is 2. The van der Waals surface area contributed by atoms with Crippen molar-refractivity contribution in [1.82, 2.24) is 16.0 Å². The molecule has 0 aromatic heterocycles. The number of hydrogen-bond donors (Lipinski definition) is 6. The molecule has 7 N–H and O–H groups in total. The number of thioether (sulfide) groups is 1. The van der Waals surface area contributed by atoms with Gasteiger partial charge in [0.05, 0.1) is 5.75 Å². The molecule has 2 aromatic rings. The van der Waals surface area contributed by atoms with Crippen LogP contribution in [0.2, 0.25) is 0 Å². The van der Waals surface area contributed by atoms with Gasteiger partial charge in [0.1, 0.15) is 18.6 Å². The maximum absolute atomic E-state index is 12.2. The second kappa shape index (κ2) is 19.1. The van der Waals surface area contributed by atoms with Crippen LogP contribution in [-0.2, 0) is 47.6 Å². The van der Waals surface area contributed by atoms with Crippen molar-refractivity contribution in [3.8, 4) is 0 Å². The van der Waals surface area contributed by atoms with Gasteiger partial charge < -0.3 is 62.2 Å². The number of nitrogens with two attached hydrogens (primary N) is 1. The zero-order chi connectivity index (χ0) is 26.1. The molecule has 36 heavy (non-hydrogen) atoms. The quantitative estimate of drug-likeness (QED) is 0.136. The Hall–Kier alpha value is -3.12. The van der Waals surface area contributed by atoms with Crippen LogP contribution in [0.5, 0.6) is 0 Å². The number of amides is 3. The molecule has 204 valence electrons. The van der Waals surface area contributed by atoms with E-state index in [1.807, 2.05) is 54.6 Å². The predicted octanol–water partition coefficient (Wildman–Crippen LogP) is 0.0356. The maximum Gasteiger partial charge on any atom is 0.322 e. The van der Waals surface area contributed by atoms with E-state index >= 15 is 0 Å². The molecule has 0 aliphatic carbocycles. The Morgan fingerprint density at radius 1 is 0.944 bits per heavy atom. The zero-order valence-electron chi connectivity index (χ0n) is 19.4. The fourth-order valence-corrected chi connectivity index (χ4v) is 3.39. The number of carbonyl (C=O) groups excluding carboxylic acids is 3. The Morgan fingerprint density at radius 2 is 1.53 bits per heavy atom. The minimum absolute atomic E-state index is 0. The summed E-state index contributed by atoms with van der Waals surface area (Å²) in [7, 11) is 0. The zero-order valence-corrected chi connectivity index (χ0v) is 21.3. The van der Waals surface area contributed by atoms with Gasteiger partial charge in [-0.3, -0.25) is 24.0 Å². The van der Waals surface area contributed by atoms with Gasteiger partial charge >= 0.3 is 11.9 Å². The van der Waals surface area contributed by atoms with Crippen LogP contribution in [-0.4, -0.2) is 70.0 Å². The van der Waals surface area contributed by atoms with Gasteiger partial charge in [0.25, 0.3) is 0 Å². The van der Waals surface area contributed by atoms with E-state index in [1.165, 1.54) is 0 Å². The van der Waals surface area contributed by atoms with E-state index < -0.39 is 42.4 Å². The Kier molecular flexibility index (Phi) is 17.5. The first-order valence-electron chi connectivity index (χ1n) is 10.7. The molecule has 2 aromatic carbocycles. The fourth-order valence-electron chi connectivity index (χ4n) is 2.52. The molecule has 11 nitrogen and oxygen atoms in total. The third kappa shape index (κ3) is 15.7. The molecular weight excluding hydrogens is 532 g/mol. The summed E-state index contributed by atoms with van der Waals surface area (Å²) in [6, 6.07) is 15.1.